The molecular formula is C24H20N2O2S6. The molecule has 3 aliphatic heterocycles. The zero-order valence-corrected chi connectivity index (χ0v) is 22.8. The Kier molecular flexibility index (Phi) is 8.34. The van der Waals surface area contributed by atoms with E-state index in [4.69, 9.17) is 0 Å². The lowest BCUT2D eigenvalue weighted by atomic mass is 10.2. The van der Waals surface area contributed by atoms with Crippen LogP contribution in [0, 0.1) is 0 Å². The van der Waals surface area contributed by atoms with Gasteiger partial charge >= 0.3 is 0 Å². The van der Waals surface area contributed by atoms with Gasteiger partial charge in [-0.15, -0.1) is 23.5 Å². The van der Waals surface area contributed by atoms with Crippen molar-refractivity contribution in [2.24, 2.45) is 0 Å². The van der Waals surface area contributed by atoms with Crippen LogP contribution < -0.4 is 10.6 Å². The summed E-state index contributed by atoms with van der Waals surface area (Å²) in [4.78, 5) is 27.3. The lowest BCUT2D eigenvalue weighted by Crippen LogP contribution is -2.27. The van der Waals surface area contributed by atoms with Crippen molar-refractivity contribution in [2.75, 3.05) is 11.5 Å². The standard InChI is InChI=1S/C24H20N2O2S6/c27-19(25-13-15-7-3-1-4-8-15)17-18(20(28)26-14-16-9-5-2-6-10-16)32-23(31-17)24-33-21-22(34-24)30-12-11-29-21/h1-10H,11-14H2,(H,25,27)(H,26,28). The Bertz CT molecular complexity index is 1100. The zero-order valence-electron chi connectivity index (χ0n) is 17.9. The van der Waals surface area contributed by atoms with E-state index in [1.54, 1.807) is 23.5 Å². The average Bonchev–Trinajstić information content (AvgIpc) is 3.52. The maximum atomic E-state index is 13.2. The van der Waals surface area contributed by atoms with Crippen molar-refractivity contribution in [3.8, 4) is 0 Å². The second kappa shape index (κ2) is 11.6. The molecule has 0 saturated carbocycles. The maximum absolute atomic E-state index is 13.2. The Morgan fingerprint density at radius 1 is 0.588 bits per heavy atom. The van der Waals surface area contributed by atoms with Crippen LogP contribution in [-0.2, 0) is 22.7 Å². The highest BCUT2D eigenvalue weighted by molar-refractivity contribution is 8.43. The molecule has 34 heavy (non-hydrogen) atoms. The number of nitrogens with one attached hydrogen (secondary N) is 2. The fourth-order valence-corrected chi connectivity index (χ4v) is 12.0. The fourth-order valence-electron chi connectivity index (χ4n) is 3.20. The molecule has 5 rings (SSSR count). The molecule has 0 saturated heterocycles. The number of thioether (sulfide) groups is 6. The van der Waals surface area contributed by atoms with Crippen molar-refractivity contribution >= 4 is 82.4 Å². The largest absolute Gasteiger partial charge is 0.347 e. The predicted molar refractivity (Wildman–Crippen MR) is 153 cm³/mol. The molecule has 3 aliphatic rings. The number of carbonyl (C=O) groups excluding carboxylic acids is 2. The van der Waals surface area contributed by atoms with Crippen LogP contribution in [0.15, 0.2) is 87.4 Å². The summed E-state index contributed by atoms with van der Waals surface area (Å²) in [6.07, 6.45) is 0. The summed E-state index contributed by atoms with van der Waals surface area (Å²) in [6, 6.07) is 19.6. The van der Waals surface area contributed by atoms with Crippen molar-refractivity contribution in [3.63, 3.8) is 0 Å². The molecule has 174 valence electrons. The van der Waals surface area contributed by atoms with Gasteiger partial charge in [0.15, 0.2) is 0 Å². The predicted octanol–water partition coefficient (Wildman–Crippen LogP) is 6.52. The van der Waals surface area contributed by atoms with Gasteiger partial charge in [-0.3, -0.25) is 9.59 Å². The van der Waals surface area contributed by atoms with Crippen LogP contribution in [0.25, 0.3) is 0 Å². The summed E-state index contributed by atoms with van der Waals surface area (Å²) in [5.41, 5.74) is 2.04. The monoisotopic (exact) mass is 560 g/mol. The molecule has 2 aromatic rings. The average molecular weight is 561 g/mol. The van der Waals surface area contributed by atoms with Gasteiger partial charge in [-0.05, 0) is 11.1 Å². The highest BCUT2D eigenvalue weighted by Crippen LogP contribution is 2.64. The van der Waals surface area contributed by atoms with Gasteiger partial charge in [0.1, 0.15) is 0 Å². The normalized spacial score (nSPS) is 17.8. The third-order valence-electron chi connectivity index (χ3n) is 4.85. The van der Waals surface area contributed by atoms with E-state index in [9.17, 15) is 9.59 Å². The van der Waals surface area contributed by atoms with Crippen molar-refractivity contribution in [3.05, 3.63) is 98.5 Å². The summed E-state index contributed by atoms with van der Waals surface area (Å²) >= 11 is 10.2. The summed E-state index contributed by atoms with van der Waals surface area (Å²) in [6.45, 7) is 0.845. The van der Waals surface area contributed by atoms with Gasteiger partial charge in [0.2, 0.25) is 0 Å². The first-order valence-corrected chi connectivity index (χ1v) is 15.7. The molecule has 0 aromatic heterocycles. The third kappa shape index (κ3) is 5.91. The molecule has 2 N–H and O–H groups in total. The molecule has 0 bridgehead atoms. The number of hydrogen-bond donors (Lipinski definition) is 2. The van der Waals surface area contributed by atoms with E-state index in [0.717, 1.165) is 26.9 Å². The first-order valence-electron chi connectivity index (χ1n) is 10.5. The number of amides is 2. The third-order valence-corrected chi connectivity index (χ3v) is 13.8. The lowest BCUT2D eigenvalue weighted by Gasteiger charge is -2.08. The second-order valence-corrected chi connectivity index (χ2v) is 14.6. The van der Waals surface area contributed by atoms with E-state index in [1.165, 1.54) is 36.2 Å². The molecule has 10 heteroatoms. The van der Waals surface area contributed by atoms with E-state index in [1.807, 2.05) is 84.2 Å². The summed E-state index contributed by atoms with van der Waals surface area (Å²) in [7, 11) is 0. The van der Waals surface area contributed by atoms with Gasteiger partial charge in [0.05, 0.1) is 26.8 Å². The molecule has 0 radical (unpaired) electrons. The number of carbonyl (C=O) groups is 2. The van der Waals surface area contributed by atoms with Crippen LogP contribution in [0.4, 0.5) is 0 Å². The first kappa shape index (κ1) is 24.4. The molecular weight excluding hydrogens is 541 g/mol. The van der Waals surface area contributed by atoms with Gasteiger partial charge in [-0.25, -0.2) is 0 Å². The molecule has 4 nitrogen and oxygen atoms in total. The highest BCUT2D eigenvalue weighted by atomic mass is 32.3. The van der Waals surface area contributed by atoms with Crippen molar-refractivity contribution < 1.29 is 9.59 Å². The second-order valence-electron chi connectivity index (χ2n) is 7.25. The quantitative estimate of drug-likeness (QED) is 0.414. The fraction of sp³-hybridized carbons (Fsp3) is 0.167. The lowest BCUT2D eigenvalue weighted by molar-refractivity contribution is -0.119. The Morgan fingerprint density at radius 2 is 1.00 bits per heavy atom. The van der Waals surface area contributed by atoms with Crippen LogP contribution in [0.3, 0.4) is 0 Å². The summed E-state index contributed by atoms with van der Waals surface area (Å²) in [5.74, 6) is 1.82. The molecule has 2 aromatic carbocycles. The minimum Gasteiger partial charge on any atom is -0.347 e. The summed E-state index contributed by atoms with van der Waals surface area (Å²) in [5, 5.41) is 5.99. The molecule has 0 atom stereocenters. The van der Waals surface area contributed by atoms with Gasteiger partial charge in [0, 0.05) is 24.6 Å². The smallest absolute Gasteiger partial charge is 0.259 e. The minimum absolute atomic E-state index is 0.212. The SMILES string of the molecule is O=C(NCc1ccccc1)C1=C(C(=O)NCc2ccccc2)SC(=C2SC3=C(SCCS3)S2)S1. The number of benzene rings is 2. The van der Waals surface area contributed by atoms with Crippen molar-refractivity contribution in [2.45, 2.75) is 13.1 Å². The first-order chi connectivity index (χ1) is 16.7. The van der Waals surface area contributed by atoms with Crippen LogP contribution >= 0.6 is 70.6 Å². The Morgan fingerprint density at radius 3 is 1.44 bits per heavy atom. The Balaban J connectivity index is 1.33. The molecule has 0 unspecified atom stereocenters. The highest BCUT2D eigenvalue weighted by Gasteiger charge is 2.35. The molecule has 0 fully saturated rings. The van der Waals surface area contributed by atoms with Crippen LogP contribution in [-0.4, -0.2) is 23.3 Å². The molecule has 0 aliphatic carbocycles. The van der Waals surface area contributed by atoms with Crippen LogP contribution in [0.2, 0.25) is 0 Å². The van der Waals surface area contributed by atoms with Crippen molar-refractivity contribution in [1.82, 2.24) is 10.6 Å². The number of hydrogen-bond acceptors (Lipinski definition) is 8. The maximum Gasteiger partial charge on any atom is 0.259 e. The van der Waals surface area contributed by atoms with E-state index in [2.05, 4.69) is 10.6 Å². The van der Waals surface area contributed by atoms with E-state index >= 15 is 0 Å². The molecule has 2 amide bonds. The zero-order chi connectivity index (χ0) is 23.3. The van der Waals surface area contributed by atoms with E-state index in [-0.39, 0.29) is 11.8 Å². The Labute approximate surface area is 224 Å². The van der Waals surface area contributed by atoms with Crippen LogP contribution in [0.1, 0.15) is 11.1 Å². The number of rotatable bonds is 6. The van der Waals surface area contributed by atoms with E-state index in [0.29, 0.717) is 22.9 Å². The molecule has 0 spiro atoms. The van der Waals surface area contributed by atoms with Gasteiger partial charge in [0.25, 0.3) is 11.8 Å². The Hall–Kier alpha value is -1.30. The summed E-state index contributed by atoms with van der Waals surface area (Å²) < 4.78 is 4.88. The van der Waals surface area contributed by atoms with Gasteiger partial charge in [-0.2, -0.15) is 0 Å². The van der Waals surface area contributed by atoms with E-state index < -0.39 is 0 Å². The van der Waals surface area contributed by atoms with Crippen LogP contribution in [0.5, 0.6) is 0 Å². The minimum atomic E-state index is -0.212. The topological polar surface area (TPSA) is 58.2 Å². The van der Waals surface area contributed by atoms with Gasteiger partial charge < -0.3 is 10.6 Å². The molecule has 3 heterocycles. The van der Waals surface area contributed by atoms with Gasteiger partial charge in [-0.1, -0.05) is 108 Å². The van der Waals surface area contributed by atoms with Crippen molar-refractivity contribution in [1.29, 1.82) is 0 Å².